The number of nitrogens with zero attached hydrogens (tertiary/aromatic N) is 1. The summed E-state index contributed by atoms with van der Waals surface area (Å²) in [5.41, 5.74) is 0.636. The van der Waals surface area contributed by atoms with Gasteiger partial charge in [-0.3, -0.25) is 9.79 Å². The van der Waals surface area contributed by atoms with Crippen LogP contribution in [0.2, 0.25) is 0 Å². The predicted octanol–water partition coefficient (Wildman–Crippen LogP) is 2.87. The first-order valence-electron chi connectivity index (χ1n) is 6.51. The Morgan fingerprint density at radius 1 is 1.43 bits per heavy atom. The van der Waals surface area contributed by atoms with Crippen molar-refractivity contribution in [3.05, 3.63) is 18.2 Å². The molecule has 1 amide bonds. The Kier molecular flexibility index (Phi) is 5.81. The summed E-state index contributed by atoms with van der Waals surface area (Å²) in [7, 11) is 3.15. The Hall–Kier alpha value is -1.34. The summed E-state index contributed by atoms with van der Waals surface area (Å²) < 4.78 is 11.4. The van der Waals surface area contributed by atoms with Crippen LogP contribution in [0.3, 0.4) is 0 Å². The summed E-state index contributed by atoms with van der Waals surface area (Å²) in [6.07, 6.45) is 0. The van der Waals surface area contributed by atoms with Gasteiger partial charge in [0.15, 0.2) is 0 Å². The topological polar surface area (TPSA) is 59.9 Å². The number of carbonyl (C=O) groups is 1. The second kappa shape index (κ2) is 7.61. The molecule has 1 N–H and O–H groups in total. The maximum absolute atomic E-state index is 12.2. The van der Waals surface area contributed by atoms with Gasteiger partial charge in [0.1, 0.15) is 15.9 Å². The van der Waals surface area contributed by atoms with E-state index in [1.807, 2.05) is 6.92 Å². The number of nitrogens with one attached hydrogen (secondary N) is 1. The van der Waals surface area contributed by atoms with Crippen LogP contribution in [-0.2, 0) is 4.79 Å². The average molecular weight is 326 g/mol. The lowest BCUT2D eigenvalue weighted by atomic mass is 10.2. The first-order chi connectivity index (χ1) is 10.1. The Balaban J connectivity index is 2.01. The number of amides is 1. The van der Waals surface area contributed by atoms with Gasteiger partial charge in [0, 0.05) is 11.8 Å². The number of hydrogen-bond donors (Lipinski definition) is 1. The van der Waals surface area contributed by atoms with E-state index in [1.165, 1.54) is 11.8 Å². The van der Waals surface area contributed by atoms with Crippen molar-refractivity contribution >= 4 is 39.5 Å². The Morgan fingerprint density at radius 2 is 2.24 bits per heavy atom. The molecule has 0 saturated carbocycles. The number of rotatable bonds is 5. The number of anilines is 1. The van der Waals surface area contributed by atoms with E-state index in [0.29, 0.717) is 17.2 Å². The van der Waals surface area contributed by atoms with E-state index in [9.17, 15) is 4.79 Å². The lowest BCUT2D eigenvalue weighted by Gasteiger charge is -2.14. The molecule has 1 atom stereocenters. The van der Waals surface area contributed by atoms with E-state index >= 15 is 0 Å². The fourth-order valence-electron chi connectivity index (χ4n) is 1.73. The van der Waals surface area contributed by atoms with E-state index in [-0.39, 0.29) is 11.2 Å². The standard InChI is InChI=1S/C14H18N2O3S2/c1-9(21-14-15-6-7-20-14)13(17)16-11-5-4-10(18-2)8-12(11)19-3/h4-5,8-9H,6-7H2,1-3H3,(H,16,17). The van der Waals surface area contributed by atoms with Crippen molar-refractivity contribution in [1.82, 2.24) is 0 Å². The van der Waals surface area contributed by atoms with E-state index < -0.39 is 0 Å². The third-order valence-corrected chi connectivity index (χ3v) is 5.17. The lowest BCUT2D eigenvalue weighted by molar-refractivity contribution is -0.115. The summed E-state index contributed by atoms with van der Waals surface area (Å²) in [4.78, 5) is 16.6. The summed E-state index contributed by atoms with van der Waals surface area (Å²) in [6, 6.07) is 5.30. The zero-order valence-electron chi connectivity index (χ0n) is 12.2. The van der Waals surface area contributed by atoms with Gasteiger partial charge in [-0.2, -0.15) is 0 Å². The third kappa shape index (κ3) is 4.31. The highest BCUT2D eigenvalue weighted by atomic mass is 32.2. The van der Waals surface area contributed by atoms with Crippen LogP contribution >= 0.6 is 23.5 Å². The highest BCUT2D eigenvalue weighted by Crippen LogP contribution is 2.31. The molecule has 7 heteroatoms. The molecule has 114 valence electrons. The maximum atomic E-state index is 12.2. The van der Waals surface area contributed by atoms with Crippen LogP contribution in [0.25, 0.3) is 0 Å². The van der Waals surface area contributed by atoms with Crippen LogP contribution < -0.4 is 14.8 Å². The molecule has 1 aromatic rings. The highest BCUT2D eigenvalue weighted by molar-refractivity contribution is 8.39. The van der Waals surface area contributed by atoms with Crippen LogP contribution in [0.1, 0.15) is 6.92 Å². The molecule has 1 unspecified atom stereocenters. The lowest BCUT2D eigenvalue weighted by Crippen LogP contribution is -2.23. The van der Waals surface area contributed by atoms with Gasteiger partial charge in [-0.1, -0.05) is 23.5 Å². The van der Waals surface area contributed by atoms with E-state index in [4.69, 9.17) is 9.47 Å². The first-order valence-corrected chi connectivity index (χ1v) is 8.37. The van der Waals surface area contributed by atoms with Crippen LogP contribution in [-0.4, -0.2) is 42.1 Å². The van der Waals surface area contributed by atoms with Crippen LogP contribution in [0.5, 0.6) is 11.5 Å². The number of carbonyl (C=O) groups excluding carboxylic acids is 1. The number of methoxy groups -OCH3 is 2. The monoisotopic (exact) mass is 326 g/mol. The molecular formula is C14H18N2O3S2. The number of aliphatic imine (C=N–C) groups is 1. The number of ether oxygens (including phenoxy) is 2. The van der Waals surface area contributed by atoms with Crippen molar-refractivity contribution in [2.24, 2.45) is 4.99 Å². The second-order valence-corrected chi connectivity index (χ2v) is 6.98. The molecule has 0 radical (unpaired) electrons. The zero-order chi connectivity index (χ0) is 15.2. The molecule has 1 heterocycles. The smallest absolute Gasteiger partial charge is 0.237 e. The van der Waals surface area contributed by atoms with Gasteiger partial charge in [-0.25, -0.2) is 0 Å². The Labute approximate surface area is 132 Å². The first kappa shape index (κ1) is 16.0. The largest absolute Gasteiger partial charge is 0.497 e. The summed E-state index contributed by atoms with van der Waals surface area (Å²) in [5.74, 6) is 2.19. The molecule has 0 aromatic heterocycles. The molecule has 2 rings (SSSR count). The van der Waals surface area contributed by atoms with E-state index in [0.717, 1.165) is 16.7 Å². The SMILES string of the molecule is COc1ccc(NC(=O)C(C)SC2=NCCS2)c(OC)c1. The van der Waals surface area contributed by atoms with Crippen LogP contribution in [0.4, 0.5) is 5.69 Å². The van der Waals surface area contributed by atoms with Crippen LogP contribution in [0, 0.1) is 0 Å². The fraction of sp³-hybridized carbons (Fsp3) is 0.429. The predicted molar refractivity (Wildman–Crippen MR) is 90.0 cm³/mol. The van der Waals surface area contributed by atoms with Crippen molar-refractivity contribution in [2.75, 3.05) is 31.8 Å². The van der Waals surface area contributed by atoms with E-state index in [2.05, 4.69) is 10.3 Å². The van der Waals surface area contributed by atoms with Crippen molar-refractivity contribution in [1.29, 1.82) is 0 Å². The quantitative estimate of drug-likeness (QED) is 0.901. The summed E-state index contributed by atoms with van der Waals surface area (Å²) in [6.45, 7) is 2.71. The van der Waals surface area contributed by atoms with Crippen molar-refractivity contribution in [3.8, 4) is 11.5 Å². The Morgan fingerprint density at radius 3 is 2.86 bits per heavy atom. The van der Waals surface area contributed by atoms with Crippen molar-refractivity contribution < 1.29 is 14.3 Å². The van der Waals surface area contributed by atoms with Gasteiger partial charge in [-0.05, 0) is 19.1 Å². The fourth-order valence-corrected chi connectivity index (χ4v) is 3.86. The van der Waals surface area contributed by atoms with Gasteiger partial charge in [0.25, 0.3) is 0 Å². The van der Waals surface area contributed by atoms with Gasteiger partial charge in [0.05, 0.1) is 31.7 Å². The number of hydrogen-bond acceptors (Lipinski definition) is 6. The molecule has 0 saturated heterocycles. The molecule has 21 heavy (non-hydrogen) atoms. The minimum atomic E-state index is -0.207. The third-order valence-electron chi connectivity index (χ3n) is 2.87. The molecule has 1 aliphatic rings. The summed E-state index contributed by atoms with van der Waals surface area (Å²) >= 11 is 3.19. The minimum Gasteiger partial charge on any atom is -0.497 e. The number of benzene rings is 1. The van der Waals surface area contributed by atoms with Gasteiger partial charge < -0.3 is 14.8 Å². The molecule has 0 bridgehead atoms. The van der Waals surface area contributed by atoms with Gasteiger partial charge in [0.2, 0.25) is 5.91 Å². The second-order valence-electron chi connectivity index (χ2n) is 4.31. The average Bonchev–Trinajstić information content (AvgIpc) is 3.00. The van der Waals surface area contributed by atoms with Crippen LogP contribution in [0.15, 0.2) is 23.2 Å². The van der Waals surface area contributed by atoms with Crippen molar-refractivity contribution in [3.63, 3.8) is 0 Å². The maximum Gasteiger partial charge on any atom is 0.237 e. The molecule has 0 spiro atoms. The highest BCUT2D eigenvalue weighted by Gasteiger charge is 2.20. The minimum absolute atomic E-state index is 0.0707. The molecule has 0 aliphatic carbocycles. The molecular weight excluding hydrogens is 308 g/mol. The molecule has 1 aromatic carbocycles. The van der Waals surface area contributed by atoms with Gasteiger partial charge in [-0.15, -0.1) is 0 Å². The summed E-state index contributed by atoms with van der Waals surface area (Å²) in [5, 5.41) is 2.67. The molecule has 0 fully saturated rings. The van der Waals surface area contributed by atoms with Gasteiger partial charge >= 0.3 is 0 Å². The normalized spacial score (nSPS) is 15.3. The van der Waals surface area contributed by atoms with Crippen molar-refractivity contribution in [2.45, 2.75) is 12.2 Å². The number of thioether (sulfide) groups is 2. The zero-order valence-corrected chi connectivity index (χ0v) is 13.8. The molecule has 1 aliphatic heterocycles. The molecule has 5 nitrogen and oxygen atoms in total. The Bertz CT molecular complexity index is 549. The van der Waals surface area contributed by atoms with E-state index in [1.54, 1.807) is 44.2 Å².